The average molecular weight is 466 g/mol. The number of ether oxygens (including phenoxy) is 1. The van der Waals surface area contributed by atoms with E-state index in [9.17, 15) is 14.9 Å². The van der Waals surface area contributed by atoms with Crippen LogP contribution in [0.15, 0.2) is 71.0 Å². The molecule has 1 atom stereocenters. The lowest BCUT2D eigenvalue weighted by Gasteiger charge is -2.28. The molecule has 3 aromatic rings. The normalized spacial score (nSPS) is 15.0. The number of hydrogen-bond donors (Lipinski definition) is 1. The third-order valence-electron chi connectivity index (χ3n) is 5.12. The molecular weight excluding hydrogens is 442 g/mol. The van der Waals surface area contributed by atoms with Crippen LogP contribution in [0.1, 0.15) is 37.4 Å². The predicted octanol–water partition coefficient (Wildman–Crippen LogP) is 4.72. The summed E-state index contributed by atoms with van der Waals surface area (Å²) in [5, 5.41) is 19.5. The van der Waals surface area contributed by atoms with Crippen LogP contribution < -0.4 is 5.32 Å². The molecule has 0 fully saturated rings. The first-order valence-corrected chi connectivity index (χ1v) is 11.5. The molecule has 0 spiro atoms. The number of aromatic nitrogens is 3. The molecule has 1 aliphatic heterocycles. The zero-order valence-corrected chi connectivity index (χ0v) is 19.0. The van der Waals surface area contributed by atoms with Crippen LogP contribution >= 0.6 is 11.8 Å². The number of thioether (sulfide) groups is 1. The summed E-state index contributed by atoms with van der Waals surface area (Å²) >= 11 is 1.49. The van der Waals surface area contributed by atoms with E-state index in [-0.39, 0.29) is 5.69 Å². The van der Waals surface area contributed by atoms with Crippen LogP contribution in [-0.2, 0) is 15.3 Å². The van der Waals surface area contributed by atoms with Crippen molar-refractivity contribution in [3.63, 3.8) is 0 Å². The van der Waals surface area contributed by atoms with Crippen LogP contribution in [0.25, 0.3) is 0 Å². The summed E-state index contributed by atoms with van der Waals surface area (Å²) in [4.78, 5) is 28.2. The quantitative estimate of drug-likeness (QED) is 0.220. The molecule has 9 nitrogen and oxygen atoms in total. The molecule has 0 saturated carbocycles. The Labute approximate surface area is 195 Å². The molecule has 1 aliphatic rings. The van der Waals surface area contributed by atoms with Gasteiger partial charge in [-0.1, -0.05) is 49.0 Å². The average Bonchev–Trinajstić information content (AvgIpc) is 3.23. The zero-order valence-electron chi connectivity index (χ0n) is 18.2. The number of nitro benzene ring substituents is 1. The van der Waals surface area contributed by atoms with E-state index in [1.165, 1.54) is 23.9 Å². The van der Waals surface area contributed by atoms with Gasteiger partial charge in [0.25, 0.3) is 5.69 Å². The number of esters is 1. The van der Waals surface area contributed by atoms with Crippen LogP contribution in [0.3, 0.4) is 0 Å². The van der Waals surface area contributed by atoms with Crippen LogP contribution in [0.4, 0.5) is 11.6 Å². The molecule has 0 aliphatic carbocycles. The molecule has 0 amide bonds. The minimum atomic E-state index is -0.620. The summed E-state index contributed by atoms with van der Waals surface area (Å²) in [6, 6.07) is 15.5. The fourth-order valence-electron chi connectivity index (χ4n) is 3.54. The van der Waals surface area contributed by atoms with E-state index in [4.69, 9.17) is 4.74 Å². The van der Waals surface area contributed by atoms with Crippen LogP contribution in [0.5, 0.6) is 0 Å². The van der Waals surface area contributed by atoms with Gasteiger partial charge in [0.05, 0.1) is 17.1 Å². The van der Waals surface area contributed by atoms with Gasteiger partial charge in [-0.05, 0) is 36.6 Å². The third kappa shape index (κ3) is 4.90. The van der Waals surface area contributed by atoms with Crippen molar-refractivity contribution >= 4 is 29.4 Å². The van der Waals surface area contributed by atoms with Crippen molar-refractivity contribution in [1.82, 2.24) is 14.8 Å². The number of non-ortho nitro benzene ring substituents is 1. The number of benzene rings is 2. The second-order valence-corrected chi connectivity index (χ2v) is 8.43. The van der Waals surface area contributed by atoms with Gasteiger partial charge in [0, 0.05) is 23.6 Å². The number of carbonyl (C=O) groups excluding carboxylic acids is 1. The molecule has 2 heterocycles. The van der Waals surface area contributed by atoms with E-state index in [0.29, 0.717) is 46.7 Å². The second kappa shape index (κ2) is 9.86. The van der Waals surface area contributed by atoms with Crippen molar-refractivity contribution in [3.05, 3.63) is 87.1 Å². The predicted molar refractivity (Wildman–Crippen MR) is 125 cm³/mol. The Balaban J connectivity index is 1.70. The molecule has 170 valence electrons. The Morgan fingerprint density at radius 2 is 1.94 bits per heavy atom. The minimum Gasteiger partial charge on any atom is -0.462 e. The van der Waals surface area contributed by atoms with Crippen LogP contribution in [0.2, 0.25) is 0 Å². The Bertz CT molecular complexity index is 1190. The fraction of sp³-hybridized carbons (Fsp3) is 0.261. The van der Waals surface area contributed by atoms with Gasteiger partial charge in [-0.15, -0.1) is 5.10 Å². The number of nitrogens with zero attached hydrogens (tertiary/aromatic N) is 4. The van der Waals surface area contributed by atoms with Crippen molar-refractivity contribution in [1.29, 1.82) is 0 Å². The molecule has 0 saturated heterocycles. The Hall–Kier alpha value is -3.66. The number of carbonyl (C=O) groups is 1. The lowest BCUT2D eigenvalue weighted by atomic mass is 9.95. The molecule has 1 aromatic heterocycles. The molecule has 4 rings (SSSR count). The number of anilines is 1. The highest BCUT2D eigenvalue weighted by molar-refractivity contribution is 7.98. The van der Waals surface area contributed by atoms with E-state index in [1.807, 2.05) is 37.3 Å². The van der Waals surface area contributed by atoms with Crippen molar-refractivity contribution in [2.75, 3.05) is 11.9 Å². The first-order chi connectivity index (χ1) is 16.0. The topological polar surface area (TPSA) is 112 Å². The summed E-state index contributed by atoms with van der Waals surface area (Å²) < 4.78 is 7.07. The lowest BCUT2D eigenvalue weighted by molar-refractivity contribution is -0.384. The highest BCUT2D eigenvalue weighted by Gasteiger charge is 2.35. The SMILES string of the molecule is CCCOC(=O)C1=C(C)Nc2nc(SCc3ccccc3)nn2C1c1ccc([N+](=O)[O-])cc1. The van der Waals surface area contributed by atoms with Crippen molar-refractivity contribution < 1.29 is 14.5 Å². The van der Waals surface area contributed by atoms with Gasteiger partial charge < -0.3 is 10.1 Å². The lowest BCUT2D eigenvalue weighted by Crippen LogP contribution is -2.29. The molecule has 10 heteroatoms. The van der Waals surface area contributed by atoms with Gasteiger partial charge in [0.1, 0.15) is 6.04 Å². The number of hydrogen-bond acceptors (Lipinski definition) is 8. The Morgan fingerprint density at radius 1 is 1.21 bits per heavy atom. The van der Waals surface area contributed by atoms with Crippen molar-refractivity contribution in [2.45, 2.75) is 37.2 Å². The zero-order chi connectivity index (χ0) is 23.4. The maximum atomic E-state index is 13.0. The number of rotatable bonds is 8. The van der Waals surface area contributed by atoms with E-state index in [1.54, 1.807) is 23.7 Å². The molecule has 1 N–H and O–H groups in total. The molecule has 1 unspecified atom stereocenters. The van der Waals surface area contributed by atoms with E-state index >= 15 is 0 Å². The van der Waals surface area contributed by atoms with E-state index in [0.717, 1.165) is 5.56 Å². The highest BCUT2D eigenvalue weighted by Crippen LogP contribution is 2.37. The van der Waals surface area contributed by atoms with Gasteiger partial charge in [0.15, 0.2) is 0 Å². The summed E-state index contributed by atoms with van der Waals surface area (Å²) in [5.74, 6) is 0.743. The Morgan fingerprint density at radius 3 is 2.61 bits per heavy atom. The largest absolute Gasteiger partial charge is 0.462 e. The summed E-state index contributed by atoms with van der Waals surface area (Å²) in [6.07, 6.45) is 0.697. The maximum absolute atomic E-state index is 13.0. The number of nitro groups is 1. The summed E-state index contributed by atoms with van der Waals surface area (Å²) in [7, 11) is 0. The number of nitrogens with one attached hydrogen (secondary N) is 1. The molecule has 2 aromatic carbocycles. The van der Waals surface area contributed by atoms with Crippen molar-refractivity contribution in [3.8, 4) is 0 Å². The second-order valence-electron chi connectivity index (χ2n) is 7.49. The van der Waals surface area contributed by atoms with E-state index < -0.39 is 16.9 Å². The van der Waals surface area contributed by atoms with E-state index in [2.05, 4.69) is 15.4 Å². The Kier molecular flexibility index (Phi) is 6.74. The molecule has 33 heavy (non-hydrogen) atoms. The van der Waals surface area contributed by atoms with Gasteiger partial charge >= 0.3 is 5.97 Å². The van der Waals surface area contributed by atoms with Gasteiger partial charge in [-0.2, -0.15) is 4.98 Å². The van der Waals surface area contributed by atoms with Crippen LogP contribution in [-0.4, -0.2) is 32.3 Å². The monoisotopic (exact) mass is 465 g/mol. The molecule has 0 bridgehead atoms. The maximum Gasteiger partial charge on any atom is 0.338 e. The number of allylic oxidation sites excluding steroid dienone is 1. The first kappa shape index (κ1) is 22.5. The molecular formula is C23H23N5O4S. The van der Waals surface area contributed by atoms with Gasteiger partial charge in [0.2, 0.25) is 11.1 Å². The minimum absolute atomic E-state index is 0.0265. The number of fused-ring (bicyclic) bond motifs is 1. The van der Waals surface area contributed by atoms with Crippen molar-refractivity contribution in [2.24, 2.45) is 0 Å². The summed E-state index contributed by atoms with van der Waals surface area (Å²) in [6.45, 7) is 4.01. The van der Waals surface area contributed by atoms with Crippen LogP contribution in [0, 0.1) is 10.1 Å². The molecule has 0 radical (unpaired) electrons. The third-order valence-corrected chi connectivity index (χ3v) is 6.03. The first-order valence-electron chi connectivity index (χ1n) is 10.5. The highest BCUT2D eigenvalue weighted by atomic mass is 32.2. The summed E-state index contributed by atoms with van der Waals surface area (Å²) in [5.41, 5.74) is 2.80. The fourth-order valence-corrected chi connectivity index (χ4v) is 4.32. The smallest absolute Gasteiger partial charge is 0.338 e. The van der Waals surface area contributed by atoms with Gasteiger partial charge in [-0.25, -0.2) is 9.48 Å². The van der Waals surface area contributed by atoms with Gasteiger partial charge in [-0.3, -0.25) is 10.1 Å². The standard InChI is InChI=1S/C23H23N5O4S/c1-3-13-32-21(29)19-15(2)24-22-25-23(33-14-16-7-5-4-6-8-16)26-27(22)20(19)17-9-11-18(12-10-17)28(30)31/h4-12,20H,3,13-14H2,1-2H3,(H,24,25,26).